The number of methoxy groups -OCH3 is 1. The number of carbonyl (C=O) groups excluding carboxylic acids is 1. The molecule has 0 spiro atoms. The number of ether oxygens (including phenoxy) is 1. The predicted molar refractivity (Wildman–Crippen MR) is 121 cm³/mol. The molecule has 0 radical (unpaired) electrons. The molecular weight excluding hydrogens is 495 g/mol. The van der Waals surface area contributed by atoms with Gasteiger partial charge in [-0.25, -0.2) is 8.42 Å². The number of amides is 1. The second-order valence-electron chi connectivity index (χ2n) is 6.59. The van der Waals surface area contributed by atoms with Gasteiger partial charge in [-0.1, -0.05) is 12.1 Å². The molecule has 1 saturated heterocycles. The van der Waals surface area contributed by atoms with Gasteiger partial charge in [-0.15, -0.1) is 24.0 Å². The number of sulfone groups is 1. The first-order valence-corrected chi connectivity index (χ1v) is 10.7. The maximum Gasteiger partial charge on any atom is 0.222 e. The number of benzene rings is 1. The van der Waals surface area contributed by atoms with Gasteiger partial charge in [-0.3, -0.25) is 9.79 Å². The number of hydrogen-bond donors (Lipinski definition) is 3. The number of carbonyl (C=O) groups is 1. The number of hydrogen-bond acceptors (Lipinski definition) is 5. The molecule has 0 bridgehead atoms. The summed E-state index contributed by atoms with van der Waals surface area (Å²) >= 11 is 0. The molecule has 1 aromatic rings. The van der Waals surface area contributed by atoms with E-state index in [9.17, 15) is 13.2 Å². The van der Waals surface area contributed by atoms with E-state index in [0.29, 0.717) is 25.5 Å². The van der Waals surface area contributed by atoms with Crippen molar-refractivity contribution < 1.29 is 17.9 Å². The summed E-state index contributed by atoms with van der Waals surface area (Å²) in [6, 6.07) is 5.72. The molecule has 2 rings (SSSR count). The highest BCUT2D eigenvalue weighted by Crippen LogP contribution is 2.19. The molecule has 0 aliphatic carbocycles. The van der Waals surface area contributed by atoms with E-state index in [-0.39, 0.29) is 53.9 Å². The molecule has 28 heavy (non-hydrogen) atoms. The van der Waals surface area contributed by atoms with Crippen LogP contribution in [-0.4, -0.2) is 58.5 Å². The third kappa shape index (κ3) is 7.82. The summed E-state index contributed by atoms with van der Waals surface area (Å²) in [6.07, 6.45) is 0.730. The first-order chi connectivity index (χ1) is 12.8. The highest BCUT2D eigenvalue weighted by atomic mass is 127. The van der Waals surface area contributed by atoms with Crippen molar-refractivity contribution >= 4 is 45.7 Å². The van der Waals surface area contributed by atoms with Crippen LogP contribution >= 0.6 is 24.0 Å². The zero-order valence-corrected chi connectivity index (χ0v) is 19.6. The van der Waals surface area contributed by atoms with Gasteiger partial charge in [-0.05, 0) is 25.0 Å². The molecule has 0 saturated carbocycles. The van der Waals surface area contributed by atoms with Gasteiger partial charge in [0.25, 0.3) is 0 Å². The van der Waals surface area contributed by atoms with E-state index < -0.39 is 9.84 Å². The summed E-state index contributed by atoms with van der Waals surface area (Å²) in [5, 5.41) is 9.03. The van der Waals surface area contributed by atoms with Gasteiger partial charge in [0.2, 0.25) is 5.91 Å². The number of rotatable bonds is 7. The Labute approximate surface area is 183 Å². The van der Waals surface area contributed by atoms with Crippen molar-refractivity contribution in [3.63, 3.8) is 0 Å². The standard InChI is InChI=1S/C18H28N4O4S.HI/c1-13-4-5-14(16(10-13)26-3)11-21-18(19-2)20-8-6-17(23)22-15-7-9-27(24,25)12-15;/h4-5,10,15H,6-9,11-12H2,1-3H3,(H,22,23)(H2,19,20,21);1H. The van der Waals surface area contributed by atoms with Gasteiger partial charge in [0.15, 0.2) is 15.8 Å². The third-order valence-corrected chi connectivity index (χ3v) is 6.12. The Balaban J connectivity index is 0.00000392. The maximum absolute atomic E-state index is 12.0. The van der Waals surface area contributed by atoms with Gasteiger partial charge in [0.05, 0.1) is 18.6 Å². The lowest BCUT2D eigenvalue weighted by molar-refractivity contribution is -0.121. The average Bonchev–Trinajstić information content (AvgIpc) is 2.96. The summed E-state index contributed by atoms with van der Waals surface area (Å²) in [5.41, 5.74) is 2.13. The molecule has 1 aromatic carbocycles. The molecule has 158 valence electrons. The molecule has 0 aromatic heterocycles. The topological polar surface area (TPSA) is 109 Å². The average molecular weight is 524 g/mol. The molecule has 3 N–H and O–H groups in total. The van der Waals surface area contributed by atoms with Crippen LogP contribution in [0.1, 0.15) is 24.0 Å². The van der Waals surface area contributed by atoms with Crippen molar-refractivity contribution in [1.82, 2.24) is 16.0 Å². The SMILES string of the molecule is CN=C(NCCC(=O)NC1CCS(=O)(=O)C1)NCc1ccc(C)cc1OC.I. The van der Waals surface area contributed by atoms with E-state index in [1.54, 1.807) is 14.2 Å². The molecule has 1 fully saturated rings. The second-order valence-corrected chi connectivity index (χ2v) is 8.81. The van der Waals surface area contributed by atoms with E-state index >= 15 is 0 Å². The fourth-order valence-corrected chi connectivity index (χ4v) is 4.57. The number of aliphatic imine (C=N–C) groups is 1. The van der Waals surface area contributed by atoms with Crippen LogP contribution in [0.4, 0.5) is 0 Å². The largest absolute Gasteiger partial charge is 0.496 e. The van der Waals surface area contributed by atoms with Gasteiger partial charge in [0.1, 0.15) is 5.75 Å². The lowest BCUT2D eigenvalue weighted by Gasteiger charge is -2.15. The summed E-state index contributed by atoms with van der Waals surface area (Å²) < 4.78 is 28.2. The molecule has 1 aliphatic heterocycles. The van der Waals surface area contributed by atoms with Crippen LogP contribution in [0.3, 0.4) is 0 Å². The van der Waals surface area contributed by atoms with Gasteiger partial charge in [-0.2, -0.15) is 0 Å². The highest BCUT2D eigenvalue weighted by Gasteiger charge is 2.28. The fourth-order valence-electron chi connectivity index (χ4n) is 2.90. The monoisotopic (exact) mass is 524 g/mol. The number of aryl methyl sites for hydroxylation is 1. The smallest absolute Gasteiger partial charge is 0.222 e. The number of nitrogens with zero attached hydrogens (tertiary/aromatic N) is 1. The van der Waals surface area contributed by atoms with Gasteiger partial charge >= 0.3 is 0 Å². The molecular formula is C18H29IN4O4S. The fraction of sp³-hybridized carbons (Fsp3) is 0.556. The third-order valence-electron chi connectivity index (χ3n) is 4.35. The summed E-state index contributed by atoms with van der Waals surface area (Å²) in [5.74, 6) is 1.40. The molecule has 1 heterocycles. The molecule has 1 aliphatic rings. The lowest BCUT2D eigenvalue weighted by Crippen LogP contribution is -2.41. The van der Waals surface area contributed by atoms with E-state index in [1.807, 2.05) is 25.1 Å². The minimum atomic E-state index is -2.99. The van der Waals surface area contributed by atoms with Crippen LogP contribution in [0.25, 0.3) is 0 Å². The Hall–Kier alpha value is -1.56. The van der Waals surface area contributed by atoms with Crippen LogP contribution in [0.5, 0.6) is 5.75 Å². The first kappa shape index (κ1) is 24.5. The van der Waals surface area contributed by atoms with Crippen molar-refractivity contribution in [1.29, 1.82) is 0 Å². The quantitative estimate of drug-likeness (QED) is 0.279. The van der Waals surface area contributed by atoms with Crippen molar-refractivity contribution in [2.75, 3.05) is 32.2 Å². The van der Waals surface area contributed by atoms with E-state index in [4.69, 9.17) is 4.74 Å². The first-order valence-electron chi connectivity index (χ1n) is 8.91. The molecule has 10 heteroatoms. The molecule has 1 amide bonds. The van der Waals surface area contributed by atoms with E-state index in [2.05, 4.69) is 20.9 Å². The number of halogens is 1. The van der Waals surface area contributed by atoms with Gasteiger partial charge < -0.3 is 20.7 Å². The lowest BCUT2D eigenvalue weighted by atomic mass is 10.1. The second kappa shape index (κ2) is 11.4. The Kier molecular flexibility index (Phi) is 10.0. The Morgan fingerprint density at radius 1 is 1.32 bits per heavy atom. The Morgan fingerprint density at radius 2 is 2.07 bits per heavy atom. The Morgan fingerprint density at radius 3 is 2.68 bits per heavy atom. The summed E-state index contributed by atoms with van der Waals surface area (Å²) in [6.45, 7) is 2.94. The van der Waals surface area contributed by atoms with Crippen molar-refractivity contribution in [3.8, 4) is 5.75 Å². The zero-order valence-electron chi connectivity index (χ0n) is 16.4. The molecule has 1 unspecified atom stereocenters. The van der Waals surface area contributed by atoms with Gasteiger partial charge in [0, 0.05) is 38.2 Å². The van der Waals surface area contributed by atoms with Crippen molar-refractivity contribution in [3.05, 3.63) is 29.3 Å². The summed E-state index contributed by atoms with van der Waals surface area (Å²) in [4.78, 5) is 16.1. The maximum atomic E-state index is 12.0. The van der Waals surface area contributed by atoms with Crippen LogP contribution in [0.2, 0.25) is 0 Å². The van der Waals surface area contributed by atoms with E-state index in [0.717, 1.165) is 16.9 Å². The normalized spacial score (nSPS) is 18.1. The zero-order chi connectivity index (χ0) is 19.9. The number of nitrogens with one attached hydrogen (secondary N) is 3. The van der Waals surface area contributed by atoms with Crippen molar-refractivity contribution in [2.24, 2.45) is 4.99 Å². The van der Waals surface area contributed by atoms with Crippen LogP contribution in [0, 0.1) is 6.92 Å². The Bertz CT molecular complexity index is 799. The summed E-state index contributed by atoms with van der Waals surface area (Å²) in [7, 11) is 0.305. The van der Waals surface area contributed by atoms with Crippen molar-refractivity contribution in [2.45, 2.75) is 32.4 Å². The van der Waals surface area contributed by atoms with Crippen LogP contribution in [-0.2, 0) is 21.2 Å². The minimum absolute atomic E-state index is 0. The molecule has 1 atom stereocenters. The molecule has 8 nitrogen and oxygen atoms in total. The van der Waals surface area contributed by atoms with E-state index in [1.165, 1.54) is 0 Å². The minimum Gasteiger partial charge on any atom is -0.496 e. The van der Waals surface area contributed by atoms with Crippen LogP contribution < -0.4 is 20.7 Å². The van der Waals surface area contributed by atoms with Crippen LogP contribution in [0.15, 0.2) is 23.2 Å². The number of guanidine groups is 1. The highest BCUT2D eigenvalue weighted by molar-refractivity contribution is 14.0. The predicted octanol–water partition coefficient (Wildman–Crippen LogP) is 0.980.